The summed E-state index contributed by atoms with van der Waals surface area (Å²) in [7, 11) is 0. The molecule has 4 aromatic rings. The first-order valence-corrected chi connectivity index (χ1v) is 14.3. The Morgan fingerprint density at radius 2 is 1.51 bits per heavy atom. The molecule has 2 unspecified atom stereocenters. The fraction of sp³-hybridized carbons (Fsp3) is 0.286. The Hall–Kier alpha value is -4.69. The van der Waals surface area contributed by atoms with E-state index in [4.69, 9.17) is 4.74 Å². The van der Waals surface area contributed by atoms with Crippen molar-refractivity contribution >= 4 is 34.4 Å². The summed E-state index contributed by atoms with van der Waals surface area (Å²) in [6, 6.07) is 27.9. The van der Waals surface area contributed by atoms with Crippen LogP contribution in [0.3, 0.4) is 0 Å². The minimum absolute atomic E-state index is 0.135. The number of benzene rings is 4. The molecule has 0 bridgehead atoms. The van der Waals surface area contributed by atoms with Crippen molar-refractivity contribution in [2.75, 3.05) is 18.5 Å². The van der Waals surface area contributed by atoms with Crippen LogP contribution in [-0.2, 0) is 20.7 Å². The maximum absolute atomic E-state index is 14.3. The van der Waals surface area contributed by atoms with Gasteiger partial charge in [0.1, 0.15) is 17.7 Å². The summed E-state index contributed by atoms with van der Waals surface area (Å²) in [4.78, 5) is 42.6. The summed E-state index contributed by atoms with van der Waals surface area (Å²) in [5.74, 6) is -0.973. The van der Waals surface area contributed by atoms with Crippen LogP contribution in [0.2, 0.25) is 0 Å². The number of carbonyl (C=O) groups excluding carboxylic acids is 3. The molecule has 3 N–H and O–H groups in total. The molecule has 0 aliphatic carbocycles. The van der Waals surface area contributed by atoms with Crippen molar-refractivity contribution in [2.24, 2.45) is 0 Å². The minimum atomic E-state index is -1.09. The lowest BCUT2D eigenvalue weighted by atomic mass is 9.99. The Kier molecular flexibility index (Phi) is 10.2. The molecule has 0 radical (unpaired) electrons. The number of anilines is 1. The smallest absolute Gasteiger partial charge is 0.408 e. The van der Waals surface area contributed by atoms with E-state index >= 15 is 0 Å². The quantitative estimate of drug-likeness (QED) is 0.220. The van der Waals surface area contributed by atoms with Crippen molar-refractivity contribution in [3.63, 3.8) is 0 Å². The van der Waals surface area contributed by atoms with Gasteiger partial charge < -0.3 is 25.4 Å². The van der Waals surface area contributed by atoms with E-state index in [1.807, 2.05) is 91.9 Å². The van der Waals surface area contributed by atoms with E-state index in [0.717, 1.165) is 21.9 Å². The molecule has 0 saturated heterocycles. The Morgan fingerprint density at radius 1 is 0.860 bits per heavy atom. The molecular formula is C35H39N3O5. The molecule has 8 nitrogen and oxygen atoms in total. The number of fused-ring (bicyclic) bond motifs is 1. The highest BCUT2D eigenvalue weighted by Gasteiger charge is 2.36. The number of aliphatic hydroxyl groups is 1. The van der Waals surface area contributed by atoms with Crippen LogP contribution in [0, 0.1) is 6.92 Å². The van der Waals surface area contributed by atoms with Crippen molar-refractivity contribution < 1.29 is 24.2 Å². The Bertz CT molecular complexity index is 1550. The lowest BCUT2D eigenvalue weighted by Crippen LogP contribution is -2.53. The van der Waals surface area contributed by atoms with E-state index in [0.29, 0.717) is 11.3 Å². The average molecular weight is 582 g/mol. The number of aryl methyl sites for hydroxylation is 1. The summed E-state index contributed by atoms with van der Waals surface area (Å²) in [5.41, 5.74) is 2.17. The number of ether oxygens (including phenoxy) is 1. The first kappa shape index (κ1) is 31.3. The minimum Gasteiger partial charge on any atom is -0.444 e. The van der Waals surface area contributed by atoms with Crippen LogP contribution < -0.4 is 10.6 Å². The van der Waals surface area contributed by atoms with Crippen molar-refractivity contribution in [1.29, 1.82) is 0 Å². The third-order valence-corrected chi connectivity index (χ3v) is 6.87. The largest absolute Gasteiger partial charge is 0.444 e. The van der Waals surface area contributed by atoms with E-state index in [1.54, 1.807) is 32.9 Å². The molecule has 0 aliphatic heterocycles. The SMILES string of the molecule is Cc1ccc(C(C(=O)Nc2ccc3ccccc3c2)N(CCO)C(=O)C(Cc2ccccc2)NC(=O)OC(C)(C)C)cc1. The summed E-state index contributed by atoms with van der Waals surface area (Å²) in [6.45, 7) is 6.63. The lowest BCUT2D eigenvalue weighted by molar-refractivity contribution is -0.141. The van der Waals surface area contributed by atoms with Gasteiger partial charge in [-0.05, 0) is 61.7 Å². The van der Waals surface area contributed by atoms with Gasteiger partial charge in [0.25, 0.3) is 5.91 Å². The predicted octanol–water partition coefficient (Wildman–Crippen LogP) is 5.78. The van der Waals surface area contributed by atoms with Gasteiger partial charge >= 0.3 is 6.09 Å². The maximum atomic E-state index is 14.3. The number of nitrogens with one attached hydrogen (secondary N) is 2. The van der Waals surface area contributed by atoms with E-state index in [2.05, 4.69) is 10.6 Å². The number of aliphatic hydroxyl groups excluding tert-OH is 1. The zero-order valence-corrected chi connectivity index (χ0v) is 25.0. The zero-order chi connectivity index (χ0) is 31.0. The molecule has 43 heavy (non-hydrogen) atoms. The van der Waals surface area contributed by atoms with E-state index in [9.17, 15) is 19.5 Å². The highest BCUT2D eigenvalue weighted by Crippen LogP contribution is 2.26. The molecular weight excluding hydrogens is 542 g/mol. The summed E-state index contributed by atoms with van der Waals surface area (Å²) in [5, 5.41) is 17.8. The standard InChI is InChI=1S/C35H39N3O5/c1-24-14-16-27(17-15-24)31(32(40)36-29-19-18-26-12-8-9-13-28(26)23-29)38(20-21-39)33(41)30(22-25-10-6-5-7-11-25)37-34(42)43-35(2,3)4/h5-19,23,30-31,39H,20-22H2,1-4H3,(H,36,40)(H,37,42). The third kappa shape index (κ3) is 8.66. The first-order chi connectivity index (χ1) is 20.5. The van der Waals surface area contributed by atoms with Crippen LogP contribution in [0.4, 0.5) is 10.5 Å². The van der Waals surface area contributed by atoms with Crippen molar-refractivity contribution in [2.45, 2.75) is 51.8 Å². The molecule has 3 amide bonds. The van der Waals surface area contributed by atoms with E-state index < -0.39 is 35.6 Å². The summed E-state index contributed by atoms with van der Waals surface area (Å²) in [6.07, 6.45) is -0.591. The Balaban J connectivity index is 1.71. The molecule has 0 saturated carbocycles. The molecule has 4 rings (SSSR count). The van der Waals surface area contributed by atoms with Gasteiger partial charge in [-0.1, -0.05) is 90.5 Å². The number of amides is 3. The predicted molar refractivity (Wildman–Crippen MR) is 169 cm³/mol. The Labute approximate surface area is 252 Å². The van der Waals surface area contributed by atoms with Gasteiger partial charge in [0.05, 0.1) is 6.61 Å². The molecule has 4 aromatic carbocycles. The second kappa shape index (κ2) is 14.0. The third-order valence-electron chi connectivity index (χ3n) is 6.87. The van der Waals surface area contributed by atoms with Gasteiger partial charge in [-0.2, -0.15) is 0 Å². The molecule has 224 valence electrons. The number of nitrogens with zero attached hydrogens (tertiary/aromatic N) is 1. The monoisotopic (exact) mass is 581 g/mol. The molecule has 0 spiro atoms. The second-order valence-electron chi connectivity index (χ2n) is 11.5. The maximum Gasteiger partial charge on any atom is 0.408 e. The lowest BCUT2D eigenvalue weighted by Gasteiger charge is -2.34. The first-order valence-electron chi connectivity index (χ1n) is 14.3. The molecule has 0 aliphatic rings. The Morgan fingerprint density at radius 3 is 2.16 bits per heavy atom. The normalized spacial score (nSPS) is 12.7. The second-order valence-corrected chi connectivity index (χ2v) is 11.5. The van der Waals surface area contributed by atoms with Gasteiger partial charge in [0.15, 0.2) is 0 Å². The van der Waals surface area contributed by atoms with Crippen LogP contribution in [0.5, 0.6) is 0 Å². The summed E-state index contributed by atoms with van der Waals surface area (Å²) < 4.78 is 5.47. The van der Waals surface area contributed by atoms with Crippen molar-refractivity contribution in [3.05, 3.63) is 114 Å². The number of carbonyl (C=O) groups is 3. The van der Waals surface area contributed by atoms with Gasteiger partial charge in [-0.25, -0.2) is 4.79 Å². The van der Waals surface area contributed by atoms with Crippen LogP contribution in [-0.4, -0.2) is 52.7 Å². The molecule has 2 atom stereocenters. The van der Waals surface area contributed by atoms with Gasteiger partial charge in [0, 0.05) is 18.7 Å². The van der Waals surface area contributed by atoms with Crippen molar-refractivity contribution in [1.82, 2.24) is 10.2 Å². The average Bonchev–Trinajstić information content (AvgIpc) is 2.96. The fourth-order valence-corrected chi connectivity index (χ4v) is 4.87. The van der Waals surface area contributed by atoms with Crippen LogP contribution in [0.25, 0.3) is 10.8 Å². The molecule has 0 aromatic heterocycles. The van der Waals surface area contributed by atoms with E-state index in [1.165, 1.54) is 4.90 Å². The van der Waals surface area contributed by atoms with E-state index in [-0.39, 0.29) is 19.6 Å². The van der Waals surface area contributed by atoms with Gasteiger partial charge in [0.2, 0.25) is 5.91 Å². The number of hydrogen-bond donors (Lipinski definition) is 3. The van der Waals surface area contributed by atoms with Gasteiger partial charge in [-0.3, -0.25) is 9.59 Å². The van der Waals surface area contributed by atoms with Crippen LogP contribution in [0.1, 0.15) is 43.5 Å². The molecule has 0 fully saturated rings. The highest BCUT2D eigenvalue weighted by molar-refractivity contribution is 6.00. The molecule has 8 heteroatoms. The van der Waals surface area contributed by atoms with Gasteiger partial charge in [-0.15, -0.1) is 0 Å². The fourth-order valence-electron chi connectivity index (χ4n) is 4.87. The number of hydrogen-bond acceptors (Lipinski definition) is 5. The number of alkyl carbamates (subject to hydrolysis) is 1. The van der Waals surface area contributed by atoms with Crippen LogP contribution in [0.15, 0.2) is 97.1 Å². The topological polar surface area (TPSA) is 108 Å². The van der Waals surface area contributed by atoms with Crippen molar-refractivity contribution in [3.8, 4) is 0 Å². The molecule has 0 heterocycles. The summed E-state index contributed by atoms with van der Waals surface area (Å²) >= 11 is 0. The highest BCUT2D eigenvalue weighted by atomic mass is 16.6. The zero-order valence-electron chi connectivity index (χ0n) is 25.0. The number of rotatable bonds is 10. The van der Waals surface area contributed by atoms with Crippen LogP contribution >= 0.6 is 0 Å².